The molecule has 0 aliphatic carbocycles. The van der Waals surface area contributed by atoms with Gasteiger partial charge in [0.05, 0.1) is 7.11 Å². The number of aliphatic imine (C=N–C) groups is 1. The fourth-order valence-electron chi connectivity index (χ4n) is 1.85. The molecule has 0 unspecified atom stereocenters. The molecule has 6 heteroatoms. The summed E-state index contributed by atoms with van der Waals surface area (Å²) in [5, 5.41) is 9.96. The Hall–Kier alpha value is -3.15. The summed E-state index contributed by atoms with van der Waals surface area (Å²) in [5.41, 5.74) is 1.88. The number of ether oxygens (including phenoxy) is 1. The summed E-state index contributed by atoms with van der Waals surface area (Å²) in [6, 6.07) is 17.3. The van der Waals surface area contributed by atoms with Crippen molar-refractivity contribution in [2.45, 2.75) is 0 Å². The lowest BCUT2D eigenvalue weighted by atomic mass is 10.2. The molecule has 1 heterocycles. The van der Waals surface area contributed by atoms with Crippen molar-refractivity contribution < 1.29 is 4.74 Å². The number of methoxy groups -OCH3 is 1. The van der Waals surface area contributed by atoms with Crippen molar-refractivity contribution in [3.63, 3.8) is 0 Å². The van der Waals surface area contributed by atoms with E-state index in [2.05, 4.69) is 25.5 Å². The van der Waals surface area contributed by atoms with E-state index in [1.807, 2.05) is 54.6 Å². The summed E-state index contributed by atoms with van der Waals surface area (Å²) < 4.78 is 5.11. The van der Waals surface area contributed by atoms with Gasteiger partial charge in [0.1, 0.15) is 5.75 Å². The number of para-hydroxylation sites is 1. The molecule has 0 bridgehead atoms. The lowest BCUT2D eigenvalue weighted by molar-refractivity contribution is 0.415. The van der Waals surface area contributed by atoms with E-state index in [4.69, 9.17) is 4.74 Å². The highest BCUT2D eigenvalue weighted by Crippen LogP contribution is 2.14. The van der Waals surface area contributed by atoms with Crippen LogP contribution in [0.1, 0.15) is 5.56 Å². The molecule has 0 aliphatic heterocycles. The molecule has 3 rings (SSSR count). The molecule has 110 valence electrons. The van der Waals surface area contributed by atoms with Crippen LogP contribution in [0.3, 0.4) is 0 Å². The van der Waals surface area contributed by atoms with Gasteiger partial charge in [-0.05, 0) is 42.0 Å². The van der Waals surface area contributed by atoms with Crippen LogP contribution in [0.25, 0.3) is 0 Å². The standard InChI is InChI=1S/C16H15N5O/c1-22-14-9-7-12(8-10-14)11-17-15-19-16(21-20-15)18-13-5-3-2-4-6-13/h2-11H,1H3,(H2,18,19,20,21)/b17-11+. The van der Waals surface area contributed by atoms with Crippen LogP contribution in [-0.2, 0) is 0 Å². The van der Waals surface area contributed by atoms with Crippen LogP contribution in [-0.4, -0.2) is 28.5 Å². The highest BCUT2D eigenvalue weighted by molar-refractivity contribution is 5.81. The second kappa shape index (κ2) is 6.53. The van der Waals surface area contributed by atoms with Crippen molar-refractivity contribution in [2.24, 2.45) is 4.99 Å². The Morgan fingerprint density at radius 2 is 1.86 bits per heavy atom. The third kappa shape index (κ3) is 3.49. The smallest absolute Gasteiger partial charge is 0.269 e. The molecule has 0 amide bonds. The number of hydrogen-bond donors (Lipinski definition) is 2. The average Bonchev–Trinajstić information content (AvgIpc) is 3.02. The van der Waals surface area contributed by atoms with Gasteiger partial charge in [-0.2, -0.15) is 4.98 Å². The maximum Gasteiger partial charge on any atom is 0.269 e. The van der Waals surface area contributed by atoms with Gasteiger partial charge in [0.2, 0.25) is 5.95 Å². The topological polar surface area (TPSA) is 75.2 Å². The molecule has 6 nitrogen and oxygen atoms in total. The van der Waals surface area contributed by atoms with Gasteiger partial charge in [-0.15, -0.1) is 5.10 Å². The van der Waals surface area contributed by atoms with E-state index >= 15 is 0 Å². The van der Waals surface area contributed by atoms with Crippen LogP contribution in [0.5, 0.6) is 5.75 Å². The van der Waals surface area contributed by atoms with E-state index in [9.17, 15) is 0 Å². The molecule has 2 N–H and O–H groups in total. The van der Waals surface area contributed by atoms with E-state index in [-0.39, 0.29) is 0 Å². The normalized spacial score (nSPS) is 10.8. The molecule has 0 radical (unpaired) electrons. The molecule has 0 atom stereocenters. The molecule has 22 heavy (non-hydrogen) atoms. The van der Waals surface area contributed by atoms with Gasteiger partial charge < -0.3 is 10.1 Å². The van der Waals surface area contributed by atoms with E-state index < -0.39 is 0 Å². The predicted octanol–water partition coefficient (Wildman–Crippen LogP) is 3.31. The monoisotopic (exact) mass is 293 g/mol. The average molecular weight is 293 g/mol. The van der Waals surface area contributed by atoms with E-state index in [0.717, 1.165) is 17.0 Å². The highest BCUT2D eigenvalue weighted by Gasteiger charge is 2.01. The summed E-state index contributed by atoms with van der Waals surface area (Å²) in [5.74, 6) is 1.73. The van der Waals surface area contributed by atoms with Gasteiger partial charge in [0, 0.05) is 11.9 Å². The fourth-order valence-corrected chi connectivity index (χ4v) is 1.85. The number of H-pyrrole nitrogens is 1. The largest absolute Gasteiger partial charge is 0.497 e. The summed E-state index contributed by atoms with van der Waals surface area (Å²) >= 11 is 0. The number of nitrogens with zero attached hydrogens (tertiary/aromatic N) is 3. The molecular weight excluding hydrogens is 278 g/mol. The zero-order valence-electron chi connectivity index (χ0n) is 12.0. The van der Waals surface area contributed by atoms with Crippen LogP contribution < -0.4 is 10.1 Å². The SMILES string of the molecule is COc1ccc(/C=N/c2n[nH]c(Nc3ccccc3)n2)cc1. The Balaban J connectivity index is 1.67. The van der Waals surface area contributed by atoms with E-state index in [0.29, 0.717) is 11.9 Å². The quantitative estimate of drug-likeness (QED) is 0.708. The lowest BCUT2D eigenvalue weighted by Gasteiger charge is -1.99. The van der Waals surface area contributed by atoms with Gasteiger partial charge in [0.25, 0.3) is 5.95 Å². The first-order valence-electron chi connectivity index (χ1n) is 6.76. The number of rotatable bonds is 5. The predicted molar refractivity (Wildman–Crippen MR) is 86.4 cm³/mol. The second-order valence-corrected chi connectivity index (χ2v) is 4.51. The molecular formula is C16H15N5O. The Bertz CT molecular complexity index is 750. The fraction of sp³-hybridized carbons (Fsp3) is 0.0625. The van der Waals surface area contributed by atoms with Crippen LogP contribution in [0.2, 0.25) is 0 Å². The van der Waals surface area contributed by atoms with Gasteiger partial charge in [-0.1, -0.05) is 18.2 Å². The number of nitrogens with one attached hydrogen (secondary N) is 2. The number of benzene rings is 2. The van der Waals surface area contributed by atoms with Gasteiger partial charge in [0.15, 0.2) is 0 Å². The molecule has 2 aromatic carbocycles. The van der Waals surface area contributed by atoms with E-state index in [1.165, 1.54) is 0 Å². The first kappa shape index (κ1) is 13.8. The van der Waals surface area contributed by atoms with E-state index in [1.54, 1.807) is 13.3 Å². The highest BCUT2D eigenvalue weighted by atomic mass is 16.5. The summed E-state index contributed by atoms with van der Waals surface area (Å²) in [4.78, 5) is 8.49. The first-order chi connectivity index (χ1) is 10.8. The summed E-state index contributed by atoms with van der Waals surface area (Å²) in [6.07, 6.45) is 1.70. The van der Waals surface area contributed by atoms with Crippen molar-refractivity contribution in [3.05, 3.63) is 60.2 Å². The summed E-state index contributed by atoms with van der Waals surface area (Å²) in [7, 11) is 1.64. The van der Waals surface area contributed by atoms with Gasteiger partial charge in [-0.25, -0.2) is 10.1 Å². The molecule has 0 aliphatic rings. The van der Waals surface area contributed by atoms with Crippen molar-refractivity contribution in [1.82, 2.24) is 15.2 Å². The number of anilines is 2. The molecule has 1 aromatic heterocycles. The number of hydrogen-bond acceptors (Lipinski definition) is 5. The minimum absolute atomic E-state index is 0.370. The molecule has 0 fully saturated rings. The second-order valence-electron chi connectivity index (χ2n) is 4.51. The van der Waals surface area contributed by atoms with Gasteiger partial charge in [-0.3, -0.25) is 0 Å². The minimum atomic E-state index is 0.370. The van der Waals surface area contributed by atoms with Crippen LogP contribution >= 0.6 is 0 Å². The first-order valence-corrected chi connectivity index (χ1v) is 6.76. The van der Waals surface area contributed by atoms with Crippen molar-refractivity contribution in [2.75, 3.05) is 12.4 Å². The Labute approximate surface area is 127 Å². The van der Waals surface area contributed by atoms with Crippen molar-refractivity contribution in [1.29, 1.82) is 0 Å². The zero-order chi connectivity index (χ0) is 15.2. The van der Waals surface area contributed by atoms with Crippen LogP contribution in [0.15, 0.2) is 59.6 Å². The van der Waals surface area contributed by atoms with Crippen LogP contribution in [0, 0.1) is 0 Å². The summed E-state index contributed by atoms with van der Waals surface area (Å²) in [6.45, 7) is 0. The molecule has 0 saturated heterocycles. The van der Waals surface area contributed by atoms with Crippen molar-refractivity contribution in [3.8, 4) is 5.75 Å². The molecule has 0 spiro atoms. The zero-order valence-corrected chi connectivity index (χ0v) is 12.0. The van der Waals surface area contributed by atoms with Gasteiger partial charge >= 0.3 is 0 Å². The maximum atomic E-state index is 5.11. The molecule has 0 saturated carbocycles. The molecule has 3 aromatic rings. The third-order valence-electron chi connectivity index (χ3n) is 2.96. The Morgan fingerprint density at radius 3 is 2.59 bits per heavy atom. The number of aromatic amines is 1. The van der Waals surface area contributed by atoms with Crippen LogP contribution in [0.4, 0.5) is 17.6 Å². The minimum Gasteiger partial charge on any atom is -0.497 e. The lowest BCUT2D eigenvalue weighted by Crippen LogP contribution is -1.91. The maximum absolute atomic E-state index is 5.11. The Kier molecular flexibility index (Phi) is 4.10. The van der Waals surface area contributed by atoms with Crippen molar-refractivity contribution >= 4 is 23.8 Å². The Morgan fingerprint density at radius 1 is 1.09 bits per heavy atom. The number of aromatic nitrogens is 3. The third-order valence-corrected chi connectivity index (χ3v) is 2.96.